The lowest BCUT2D eigenvalue weighted by Gasteiger charge is -2.34. The van der Waals surface area contributed by atoms with Crippen LogP contribution in [0.4, 0.5) is 4.79 Å². The standard InChI is InChI=1S/C24H29N3O5/c1-14-11-16(9-10-26(14)23(31)32-24(2,3)4)15-5-6-18-17(12-15)13-27(22(18)30)19-7-8-20(28)25-21(19)29/h5-6,9,12,14,19H,7-8,10-11,13H2,1-4H3,(H,25,28,29). The Morgan fingerprint density at radius 2 is 1.94 bits per heavy atom. The Morgan fingerprint density at radius 3 is 2.59 bits per heavy atom. The first kappa shape index (κ1) is 22.0. The number of hydrogen-bond donors (Lipinski definition) is 1. The van der Waals surface area contributed by atoms with E-state index in [0.29, 0.717) is 31.5 Å². The third-order valence-corrected chi connectivity index (χ3v) is 6.10. The van der Waals surface area contributed by atoms with E-state index in [1.807, 2.05) is 52.0 Å². The SMILES string of the molecule is CC1CC(c2ccc3c(c2)CN(C2CCC(=O)NC2=O)C3=O)=CCN1C(=O)OC(C)(C)C. The average Bonchev–Trinajstić information content (AvgIpc) is 3.02. The zero-order valence-electron chi connectivity index (χ0n) is 18.9. The fourth-order valence-electron chi connectivity index (χ4n) is 4.49. The number of fused-ring (bicyclic) bond motifs is 1. The molecule has 1 aromatic carbocycles. The van der Waals surface area contributed by atoms with E-state index in [0.717, 1.165) is 16.7 Å². The molecule has 0 aromatic heterocycles. The summed E-state index contributed by atoms with van der Waals surface area (Å²) in [6, 6.07) is 5.10. The van der Waals surface area contributed by atoms with Crippen LogP contribution in [-0.4, -0.2) is 57.8 Å². The van der Waals surface area contributed by atoms with Crippen LogP contribution in [0.2, 0.25) is 0 Å². The van der Waals surface area contributed by atoms with E-state index in [9.17, 15) is 19.2 Å². The summed E-state index contributed by atoms with van der Waals surface area (Å²) in [6.45, 7) is 8.36. The van der Waals surface area contributed by atoms with Crippen LogP contribution in [0.25, 0.3) is 5.57 Å². The first-order chi connectivity index (χ1) is 15.0. The molecule has 8 heteroatoms. The van der Waals surface area contributed by atoms with Crippen LogP contribution in [0, 0.1) is 0 Å². The van der Waals surface area contributed by atoms with E-state index in [-0.39, 0.29) is 30.4 Å². The molecule has 3 aliphatic rings. The van der Waals surface area contributed by atoms with Crippen LogP contribution >= 0.6 is 0 Å². The molecule has 2 atom stereocenters. The van der Waals surface area contributed by atoms with Crippen molar-refractivity contribution in [1.82, 2.24) is 15.1 Å². The molecule has 0 spiro atoms. The van der Waals surface area contributed by atoms with Crippen molar-refractivity contribution in [2.24, 2.45) is 0 Å². The van der Waals surface area contributed by atoms with E-state index >= 15 is 0 Å². The topological polar surface area (TPSA) is 96.0 Å². The van der Waals surface area contributed by atoms with Crippen molar-refractivity contribution < 1.29 is 23.9 Å². The van der Waals surface area contributed by atoms with Crippen molar-refractivity contribution in [2.75, 3.05) is 6.54 Å². The average molecular weight is 440 g/mol. The summed E-state index contributed by atoms with van der Waals surface area (Å²) in [7, 11) is 0. The Kier molecular flexibility index (Phi) is 5.56. The summed E-state index contributed by atoms with van der Waals surface area (Å²) in [5.41, 5.74) is 3.06. The Hall–Kier alpha value is -3.16. The zero-order chi connectivity index (χ0) is 23.2. The highest BCUT2D eigenvalue weighted by Crippen LogP contribution is 2.33. The molecule has 1 N–H and O–H groups in total. The van der Waals surface area contributed by atoms with E-state index in [1.54, 1.807) is 9.80 Å². The lowest BCUT2D eigenvalue weighted by atomic mass is 9.93. The van der Waals surface area contributed by atoms with Gasteiger partial charge in [0, 0.05) is 31.1 Å². The second-order valence-corrected chi connectivity index (χ2v) is 9.69. The molecule has 0 radical (unpaired) electrons. The zero-order valence-corrected chi connectivity index (χ0v) is 18.9. The van der Waals surface area contributed by atoms with Crippen molar-refractivity contribution in [3.05, 3.63) is 41.0 Å². The lowest BCUT2D eigenvalue weighted by molar-refractivity contribution is -0.136. The minimum absolute atomic E-state index is 0.0142. The molecule has 3 aliphatic heterocycles. The van der Waals surface area contributed by atoms with Gasteiger partial charge in [0.2, 0.25) is 11.8 Å². The number of amides is 4. The number of piperidine rings is 1. The van der Waals surface area contributed by atoms with Crippen LogP contribution in [0.15, 0.2) is 24.3 Å². The van der Waals surface area contributed by atoms with E-state index in [2.05, 4.69) is 5.32 Å². The molecule has 1 saturated heterocycles. The van der Waals surface area contributed by atoms with Gasteiger partial charge in [0.1, 0.15) is 11.6 Å². The molecule has 8 nitrogen and oxygen atoms in total. The fourth-order valence-corrected chi connectivity index (χ4v) is 4.49. The van der Waals surface area contributed by atoms with Crippen molar-refractivity contribution in [1.29, 1.82) is 0 Å². The van der Waals surface area contributed by atoms with Crippen LogP contribution in [0.5, 0.6) is 0 Å². The van der Waals surface area contributed by atoms with Gasteiger partial charge in [-0.15, -0.1) is 0 Å². The van der Waals surface area contributed by atoms with Crippen molar-refractivity contribution in [3.8, 4) is 0 Å². The number of carbonyl (C=O) groups excluding carboxylic acids is 4. The Morgan fingerprint density at radius 1 is 1.19 bits per heavy atom. The largest absolute Gasteiger partial charge is 0.444 e. The summed E-state index contributed by atoms with van der Waals surface area (Å²) in [5.74, 6) is -0.881. The normalized spacial score (nSPS) is 23.6. The number of nitrogens with one attached hydrogen (secondary N) is 1. The Balaban J connectivity index is 1.49. The molecule has 170 valence electrons. The monoisotopic (exact) mass is 439 g/mol. The van der Waals surface area contributed by atoms with Crippen LogP contribution in [0.1, 0.15) is 68.4 Å². The van der Waals surface area contributed by atoms with Crippen molar-refractivity contribution in [2.45, 2.75) is 71.2 Å². The Labute approximate surface area is 187 Å². The van der Waals surface area contributed by atoms with Gasteiger partial charge in [-0.3, -0.25) is 19.7 Å². The van der Waals surface area contributed by atoms with Gasteiger partial charge in [0.05, 0.1) is 0 Å². The van der Waals surface area contributed by atoms with Gasteiger partial charge < -0.3 is 14.5 Å². The van der Waals surface area contributed by atoms with Gasteiger partial charge >= 0.3 is 6.09 Å². The Bertz CT molecular complexity index is 1020. The van der Waals surface area contributed by atoms with E-state index < -0.39 is 17.6 Å². The number of benzene rings is 1. The van der Waals surface area contributed by atoms with Crippen LogP contribution < -0.4 is 5.32 Å². The highest BCUT2D eigenvalue weighted by atomic mass is 16.6. The van der Waals surface area contributed by atoms with E-state index in [1.165, 1.54) is 0 Å². The summed E-state index contributed by atoms with van der Waals surface area (Å²) in [6.07, 6.45) is 2.98. The van der Waals surface area contributed by atoms with Gasteiger partial charge in [0.15, 0.2) is 0 Å². The van der Waals surface area contributed by atoms with E-state index in [4.69, 9.17) is 4.74 Å². The predicted octanol–water partition coefficient (Wildman–Crippen LogP) is 2.86. The molecule has 2 unspecified atom stereocenters. The van der Waals surface area contributed by atoms with Crippen molar-refractivity contribution >= 4 is 29.4 Å². The molecular formula is C24H29N3O5. The quantitative estimate of drug-likeness (QED) is 0.715. The minimum atomic E-state index is -0.618. The predicted molar refractivity (Wildman–Crippen MR) is 117 cm³/mol. The highest BCUT2D eigenvalue weighted by molar-refractivity contribution is 6.05. The maximum Gasteiger partial charge on any atom is 0.410 e. The molecular weight excluding hydrogens is 410 g/mol. The van der Waals surface area contributed by atoms with Crippen LogP contribution in [-0.2, 0) is 20.9 Å². The number of hydrogen-bond acceptors (Lipinski definition) is 5. The third-order valence-electron chi connectivity index (χ3n) is 6.10. The van der Waals surface area contributed by atoms with Crippen LogP contribution in [0.3, 0.4) is 0 Å². The molecule has 32 heavy (non-hydrogen) atoms. The summed E-state index contributed by atoms with van der Waals surface area (Å²) in [5, 5.41) is 2.33. The molecule has 3 heterocycles. The van der Waals surface area contributed by atoms with Gasteiger partial charge in [-0.25, -0.2) is 4.79 Å². The summed E-state index contributed by atoms with van der Waals surface area (Å²) >= 11 is 0. The molecule has 4 rings (SSSR count). The maximum atomic E-state index is 12.9. The maximum absolute atomic E-state index is 12.9. The molecule has 0 aliphatic carbocycles. The number of carbonyl (C=O) groups is 4. The third kappa shape index (κ3) is 4.26. The van der Waals surface area contributed by atoms with Gasteiger partial charge in [-0.1, -0.05) is 12.1 Å². The number of ether oxygens (including phenoxy) is 1. The molecule has 0 saturated carbocycles. The molecule has 4 amide bonds. The summed E-state index contributed by atoms with van der Waals surface area (Å²) in [4.78, 5) is 52.3. The van der Waals surface area contributed by atoms with Gasteiger partial charge in [-0.05, 0) is 69.4 Å². The highest BCUT2D eigenvalue weighted by Gasteiger charge is 2.39. The summed E-state index contributed by atoms with van der Waals surface area (Å²) < 4.78 is 5.51. The molecule has 0 bridgehead atoms. The minimum Gasteiger partial charge on any atom is -0.444 e. The number of nitrogens with zero attached hydrogens (tertiary/aromatic N) is 2. The first-order valence-electron chi connectivity index (χ1n) is 11.0. The van der Waals surface area contributed by atoms with Gasteiger partial charge in [0.25, 0.3) is 5.91 Å². The first-order valence-corrected chi connectivity index (χ1v) is 11.0. The number of imide groups is 1. The lowest BCUT2D eigenvalue weighted by Crippen LogP contribution is -2.52. The fraction of sp³-hybridized carbons (Fsp3) is 0.500. The molecule has 1 fully saturated rings. The smallest absolute Gasteiger partial charge is 0.410 e. The van der Waals surface area contributed by atoms with Gasteiger partial charge in [-0.2, -0.15) is 0 Å². The second kappa shape index (κ2) is 8.07. The van der Waals surface area contributed by atoms with Crippen molar-refractivity contribution in [3.63, 3.8) is 0 Å². The second-order valence-electron chi connectivity index (χ2n) is 9.69. The molecule has 1 aromatic rings. The number of rotatable bonds is 2.